The van der Waals surface area contributed by atoms with E-state index in [1.807, 2.05) is 35.5 Å². The molecule has 0 saturated carbocycles. The molecule has 4 nitrogen and oxygen atoms in total. The van der Waals surface area contributed by atoms with Gasteiger partial charge in [0, 0.05) is 19.4 Å². The molecule has 2 aliphatic rings. The van der Waals surface area contributed by atoms with Crippen LogP contribution in [-0.4, -0.2) is 17.1 Å². The molecule has 0 saturated heterocycles. The van der Waals surface area contributed by atoms with Crippen molar-refractivity contribution >= 4 is 0 Å². The van der Waals surface area contributed by atoms with Gasteiger partial charge < -0.3 is 5.73 Å². The zero-order valence-corrected chi connectivity index (χ0v) is 7.70. The molecule has 70 valence electrons. The second kappa shape index (κ2) is 3.14. The molecule has 0 spiro atoms. The number of hydrazine groups is 2. The van der Waals surface area contributed by atoms with Crippen LogP contribution >= 0.6 is 0 Å². The molecular formula is C9H14N4. The Hall–Kier alpha value is -1.42. The topological polar surface area (TPSA) is 44.5 Å². The van der Waals surface area contributed by atoms with E-state index in [-0.39, 0.29) is 0 Å². The van der Waals surface area contributed by atoms with Crippen molar-refractivity contribution in [3.05, 3.63) is 35.9 Å². The van der Waals surface area contributed by atoms with E-state index >= 15 is 0 Å². The lowest BCUT2D eigenvalue weighted by Crippen LogP contribution is -2.37. The van der Waals surface area contributed by atoms with Crippen molar-refractivity contribution in [3.63, 3.8) is 0 Å². The summed E-state index contributed by atoms with van der Waals surface area (Å²) in [6, 6.07) is 0. The molecule has 1 aliphatic heterocycles. The van der Waals surface area contributed by atoms with Crippen LogP contribution in [-0.2, 0) is 0 Å². The van der Waals surface area contributed by atoms with Gasteiger partial charge in [0.25, 0.3) is 0 Å². The van der Waals surface area contributed by atoms with Crippen LogP contribution in [0.3, 0.4) is 0 Å². The van der Waals surface area contributed by atoms with Gasteiger partial charge in [-0.25, -0.2) is 0 Å². The molecule has 1 aliphatic carbocycles. The van der Waals surface area contributed by atoms with Crippen LogP contribution in [0.1, 0.15) is 12.8 Å². The fourth-order valence-corrected chi connectivity index (χ4v) is 1.48. The van der Waals surface area contributed by atoms with Crippen LogP contribution in [0.2, 0.25) is 0 Å². The fraction of sp³-hybridized carbons (Fsp3) is 0.333. The average molecular weight is 178 g/mol. The van der Waals surface area contributed by atoms with Gasteiger partial charge in [0.1, 0.15) is 0 Å². The van der Waals surface area contributed by atoms with Gasteiger partial charge in [-0.3, -0.25) is 10.0 Å². The van der Waals surface area contributed by atoms with Gasteiger partial charge in [0.05, 0.1) is 11.4 Å². The lowest BCUT2D eigenvalue weighted by molar-refractivity contribution is 0.192. The van der Waals surface area contributed by atoms with E-state index in [2.05, 4.69) is 11.6 Å². The van der Waals surface area contributed by atoms with Gasteiger partial charge in [0.15, 0.2) is 0 Å². The summed E-state index contributed by atoms with van der Waals surface area (Å²) >= 11 is 0. The molecule has 0 aromatic carbocycles. The van der Waals surface area contributed by atoms with Crippen molar-refractivity contribution in [1.29, 1.82) is 0 Å². The van der Waals surface area contributed by atoms with E-state index in [9.17, 15) is 0 Å². The molecule has 0 aromatic heterocycles. The predicted octanol–water partition coefficient (Wildman–Crippen LogP) is 0.645. The Morgan fingerprint density at radius 3 is 2.92 bits per heavy atom. The monoisotopic (exact) mass is 178 g/mol. The highest BCUT2D eigenvalue weighted by Crippen LogP contribution is 2.20. The highest BCUT2D eigenvalue weighted by Gasteiger charge is 2.15. The van der Waals surface area contributed by atoms with Gasteiger partial charge in [0.2, 0.25) is 0 Å². The molecule has 3 N–H and O–H groups in total. The zero-order valence-electron chi connectivity index (χ0n) is 7.70. The van der Waals surface area contributed by atoms with Crippen molar-refractivity contribution in [2.75, 3.05) is 7.05 Å². The minimum absolute atomic E-state index is 0.846. The second-order valence-electron chi connectivity index (χ2n) is 3.22. The summed E-state index contributed by atoms with van der Waals surface area (Å²) in [7, 11) is 1.95. The molecule has 0 radical (unpaired) electrons. The van der Waals surface area contributed by atoms with E-state index in [4.69, 9.17) is 5.73 Å². The van der Waals surface area contributed by atoms with E-state index < -0.39 is 0 Å². The van der Waals surface area contributed by atoms with Crippen LogP contribution in [0.15, 0.2) is 35.9 Å². The van der Waals surface area contributed by atoms with Gasteiger partial charge in [-0.15, -0.1) is 5.53 Å². The maximum absolute atomic E-state index is 5.86. The first-order valence-electron chi connectivity index (χ1n) is 4.39. The number of rotatable bonds is 1. The van der Waals surface area contributed by atoms with Crippen molar-refractivity contribution in [2.24, 2.45) is 5.73 Å². The summed E-state index contributed by atoms with van der Waals surface area (Å²) in [4.78, 5) is 0. The Morgan fingerprint density at radius 1 is 1.46 bits per heavy atom. The Morgan fingerprint density at radius 2 is 2.31 bits per heavy atom. The molecule has 0 amide bonds. The lowest BCUT2D eigenvalue weighted by atomic mass is 10.1. The molecule has 0 fully saturated rings. The molecule has 0 bridgehead atoms. The first-order chi connectivity index (χ1) is 6.27. The molecule has 13 heavy (non-hydrogen) atoms. The third kappa shape index (κ3) is 1.53. The fourth-order valence-electron chi connectivity index (χ4n) is 1.48. The van der Waals surface area contributed by atoms with Crippen LogP contribution < -0.4 is 11.3 Å². The molecule has 0 unspecified atom stereocenters. The van der Waals surface area contributed by atoms with E-state index in [0.717, 1.165) is 24.2 Å². The summed E-state index contributed by atoms with van der Waals surface area (Å²) in [5.41, 5.74) is 11.0. The van der Waals surface area contributed by atoms with Gasteiger partial charge in [-0.2, -0.15) is 0 Å². The Balaban J connectivity index is 2.16. The zero-order chi connectivity index (χ0) is 9.26. The highest BCUT2D eigenvalue weighted by atomic mass is 15.8. The van der Waals surface area contributed by atoms with Crippen LogP contribution in [0.25, 0.3) is 0 Å². The van der Waals surface area contributed by atoms with Crippen LogP contribution in [0.4, 0.5) is 0 Å². The Bertz CT molecular complexity index is 290. The Kier molecular flexibility index (Phi) is 1.98. The molecular weight excluding hydrogens is 164 g/mol. The molecule has 0 aromatic rings. The second-order valence-corrected chi connectivity index (χ2v) is 3.22. The van der Waals surface area contributed by atoms with Gasteiger partial charge in [-0.05, 0) is 18.9 Å². The van der Waals surface area contributed by atoms with Crippen molar-refractivity contribution in [1.82, 2.24) is 15.6 Å². The van der Waals surface area contributed by atoms with E-state index in [1.165, 1.54) is 0 Å². The maximum atomic E-state index is 5.86. The van der Waals surface area contributed by atoms with Crippen LogP contribution in [0, 0.1) is 0 Å². The maximum Gasteiger partial charge on any atom is 0.0595 e. The summed E-state index contributed by atoms with van der Waals surface area (Å²) in [6.07, 6.45) is 10.0. The Labute approximate surface area is 77.9 Å². The minimum atomic E-state index is 0.846. The normalized spacial score (nSPS) is 21.9. The molecule has 4 heteroatoms. The number of nitrogens with zero attached hydrogens (tertiary/aromatic N) is 2. The highest BCUT2D eigenvalue weighted by molar-refractivity contribution is 5.27. The van der Waals surface area contributed by atoms with Crippen molar-refractivity contribution in [3.8, 4) is 0 Å². The first-order valence-corrected chi connectivity index (χ1v) is 4.39. The van der Waals surface area contributed by atoms with E-state index in [1.54, 1.807) is 0 Å². The summed E-state index contributed by atoms with van der Waals surface area (Å²) in [5.74, 6) is 0. The summed E-state index contributed by atoms with van der Waals surface area (Å²) in [5, 5.41) is 3.84. The largest absolute Gasteiger partial charge is 0.397 e. The molecule has 0 atom stereocenters. The molecule has 2 rings (SSSR count). The third-order valence-corrected chi connectivity index (χ3v) is 2.17. The van der Waals surface area contributed by atoms with Gasteiger partial charge >= 0.3 is 0 Å². The number of hydrogen-bond donors (Lipinski definition) is 2. The first kappa shape index (κ1) is 8.19. The van der Waals surface area contributed by atoms with E-state index in [0.29, 0.717) is 0 Å². The number of allylic oxidation sites excluding steroid dienone is 3. The van der Waals surface area contributed by atoms with Crippen molar-refractivity contribution < 1.29 is 0 Å². The lowest BCUT2D eigenvalue weighted by Gasteiger charge is -2.24. The standard InChI is InChI=1S/C9H14N4/c1-12-6-7-13(11-12)9-5-3-2-4-8(9)10/h2,4,6-7,11H,3,5,10H2,1H3. The van der Waals surface area contributed by atoms with Crippen LogP contribution in [0.5, 0.6) is 0 Å². The van der Waals surface area contributed by atoms with Crippen molar-refractivity contribution in [2.45, 2.75) is 12.8 Å². The number of nitrogens with two attached hydrogens (primary N) is 1. The summed E-state index contributed by atoms with van der Waals surface area (Å²) in [6.45, 7) is 0. The summed E-state index contributed by atoms with van der Waals surface area (Å²) < 4.78 is 0. The number of hydrogen-bond acceptors (Lipinski definition) is 4. The molecule has 1 heterocycles. The van der Waals surface area contributed by atoms with Gasteiger partial charge in [-0.1, -0.05) is 6.08 Å². The smallest absolute Gasteiger partial charge is 0.0595 e. The third-order valence-electron chi connectivity index (χ3n) is 2.17. The quantitative estimate of drug-likeness (QED) is 0.618. The predicted molar refractivity (Wildman–Crippen MR) is 51.5 cm³/mol. The average Bonchev–Trinajstić information content (AvgIpc) is 2.53. The minimum Gasteiger partial charge on any atom is -0.397 e. The SMILES string of the molecule is CN1C=CN(C2=C(N)C=CCC2)N1. The number of nitrogens with one attached hydrogen (secondary N) is 1.